The average Bonchev–Trinajstić information content (AvgIpc) is 2.65. The van der Waals surface area contributed by atoms with E-state index in [1.165, 1.54) is 43.4 Å². The van der Waals surface area contributed by atoms with E-state index in [1.54, 1.807) is 11.3 Å². The van der Waals surface area contributed by atoms with Crippen molar-refractivity contribution in [3.8, 4) is 0 Å². The van der Waals surface area contributed by atoms with Gasteiger partial charge in [-0.15, -0.1) is 11.3 Å². The summed E-state index contributed by atoms with van der Waals surface area (Å²) in [7, 11) is 0. The second kappa shape index (κ2) is 4.26. The van der Waals surface area contributed by atoms with Gasteiger partial charge in [0.2, 0.25) is 0 Å². The smallest absolute Gasteiger partial charge is 0.251 e. The van der Waals surface area contributed by atoms with E-state index in [0.29, 0.717) is 16.0 Å². The van der Waals surface area contributed by atoms with Crippen LogP contribution in [-0.2, 0) is 12.8 Å². The number of fused-ring (bicyclic) bond motifs is 1. The summed E-state index contributed by atoms with van der Waals surface area (Å²) in [6.45, 7) is 0. The Labute approximate surface area is 112 Å². The molecule has 1 aromatic heterocycles. The van der Waals surface area contributed by atoms with Crippen LogP contribution in [0, 0.1) is 5.41 Å². The molecule has 3 rings (SSSR count). The number of rotatable bonds is 1. The van der Waals surface area contributed by atoms with Crippen LogP contribution in [0.4, 0.5) is 5.00 Å². The van der Waals surface area contributed by atoms with Gasteiger partial charge in [-0.1, -0.05) is 19.3 Å². The van der Waals surface area contributed by atoms with Gasteiger partial charge in [-0.3, -0.25) is 4.79 Å². The standard InChI is InChI=1S/C14H20N2OS/c15-12(17)11-9-4-7-14(5-2-1-3-6-14)8-10(9)18-13(11)16/h1-8,16H2,(H2,15,17). The molecular formula is C14H20N2OS. The molecule has 18 heavy (non-hydrogen) atoms. The largest absolute Gasteiger partial charge is 0.390 e. The normalized spacial score (nSPS) is 21.8. The first-order valence-corrected chi connectivity index (χ1v) is 7.63. The van der Waals surface area contributed by atoms with Gasteiger partial charge in [0.1, 0.15) is 0 Å². The molecule has 0 aliphatic heterocycles. The van der Waals surface area contributed by atoms with Crippen molar-refractivity contribution in [3.05, 3.63) is 16.0 Å². The predicted octanol–water partition coefficient (Wildman–Crippen LogP) is 2.87. The molecule has 0 aromatic carbocycles. The van der Waals surface area contributed by atoms with Crippen molar-refractivity contribution in [1.29, 1.82) is 0 Å². The number of carbonyl (C=O) groups excluding carboxylic acids is 1. The number of primary amides is 1. The molecule has 1 fully saturated rings. The quantitative estimate of drug-likeness (QED) is 0.819. The van der Waals surface area contributed by atoms with E-state index >= 15 is 0 Å². The predicted molar refractivity (Wildman–Crippen MR) is 74.8 cm³/mol. The van der Waals surface area contributed by atoms with Gasteiger partial charge in [0, 0.05) is 4.88 Å². The highest BCUT2D eigenvalue weighted by Gasteiger charge is 2.38. The van der Waals surface area contributed by atoms with E-state index in [-0.39, 0.29) is 5.91 Å². The van der Waals surface area contributed by atoms with Crippen LogP contribution < -0.4 is 11.5 Å². The maximum Gasteiger partial charge on any atom is 0.251 e. The lowest BCUT2D eigenvalue weighted by Gasteiger charge is -2.40. The lowest BCUT2D eigenvalue weighted by molar-refractivity contribution is 0.0998. The van der Waals surface area contributed by atoms with Gasteiger partial charge in [-0.05, 0) is 43.1 Å². The zero-order valence-corrected chi connectivity index (χ0v) is 11.4. The summed E-state index contributed by atoms with van der Waals surface area (Å²) in [4.78, 5) is 12.8. The molecule has 0 unspecified atom stereocenters. The average molecular weight is 264 g/mol. The Morgan fingerprint density at radius 2 is 1.89 bits per heavy atom. The molecule has 1 heterocycles. The molecule has 2 aliphatic rings. The minimum absolute atomic E-state index is 0.357. The van der Waals surface area contributed by atoms with E-state index in [2.05, 4.69) is 0 Å². The van der Waals surface area contributed by atoms with Crippen LogP contribution >= 0.6 is 11.3 Å². The Bertz CT molecular complexity index is 486. The van der Waals surface area contributed by atoms with Gasteiger partial charge in [-0.2, -0.15) is 0 Å². The third-order valence-corrected chi connectivity index (χ3v) is 5.78. The highest BCUT2D eigenvalue weighted by molar-refractivity contribution is 7.16. The Morgan fingerprint density at radius 3 is 2.56 bits per heavy atom. The maximum absolute atomic E-state index is 11.5. The van der Waals surface area contributed by atoms with Gasteiger partial charge in [0.05, 0.1) is 10.6 Å². The van der Waals surface area contributed by atoms with Crippen LogP contribution in [0.5, 0.6) is 0 Å². The lowest BCUT2D eigenvalue weighted by Crippen LogP contribution is -2.31. The van der Waals surface area contributed by atoms with Crippen LogP contribution in [-0.4, -0.2) is 5.91 Å². The Balaban J connectivity index is 1.94. The van der Waals surface area contributed by atoms with E-state index in [4.69, 9.17) is 11.5 Å². The minimum atomic E-state index is -0.357. The summed E-state index contributed by atoms with van der Waals surface area (Å²) in [6, 6.07) is 0. The Morgan fingerprint density at radius 1 is 1.17 bits per heavy atom. The SMILES string of the molecule is NC(=O)c1c(N)sc2c1CCC1(CCCCC1)C2. The number of hydrogen-bond acceptors (Lipinski definition) is 3. The number of thiophene rings is 1. The second-order valence-corrected chi connectivity index (χ2v) is 6.98. The third kappa shape index (κ3) is 1.83. The number of nitrogens with two attached hydrogens (primary N) is 2. The molecule has 4 N–H and O–H groups in total. The van der Waals surface area contributed by atoms with Crippen molar-refractivity contribution in [3.63, 3.8) is 0 Å². The van der Waals surface area contributed by atoms with Gasteiger partial charge in [0.25, 0.3) is 5.91 Å². The molecule has 0 radical (unpaired) electrons. The maximum atomic E-state index is 11.5. The van der Waals surface area contributed by atoms with Crippen molar-refractivity contribution < 1.29 is 4.79 Å². The summed E-state index contributed by atoms with van der Waals surface area (Å²) >= 11 is 1.59. The molecular weight excluding hydrogens is 244 g/mol. The van der Waals surface area contributed by atoms with Crippen LogP contribution in [0.2, 0.25) is 0 Å². The molecule has 0 saturated heterocycles. The molecule has 98 valence electrons. The molecule has 1 saturated carbocycles. The molecule has 2 aliphatic carbocycles. The van der Waals surface area contributed by atoms with E-state index < -0.39 is 0 Å². The highest BCUT2D eigenvalue weighted by atomic mass is 32.1. The minimum Gasteiger partial charge on any atom is -0.390 e. The first-order chi connectivity index (χ1) is 8.61. The number of hydrogen-bond donors (Lipinski definition) is 2. The number of anilines is 1. The van der Waals surface area contributed by atoms with Crippen LogP contribution in [0.15, 0.2) is 0 Å². The molecule has 1 amide bonds. The summed E-state index contributed by atoms with van der Waals surface area (Å²) in [5.74, 6) is -0.357. The van der Waals surface area contributed by atoms with Crippen molar-refractivity contribution in [2.75, 3.05) is 5.73 Å². The second-order valence-electron chi connectivity index (χ2n) is 5.84. The highest BCUT2D eigenvalue weighted by Crippen LogP contribution is 2.49. The number of amides is 1. The van der Waals surface area contributed by atoms with Crippen LogP contribution in [0.1, 0.15) is 59.3 Å². The zero-order chi connectivity index (χ0) is 12.8. The van der Waals surface area contributed by atoms with Gasteiger partial charge >= 0.3 is 0 Å². The first kappa shape index (κ1) is 12.0. The molecule has 0 bridgehead atoms. The molecule has 0 atom stereocenters. The van der Waals surface area contributed by atoms with Gasteiger partial charge in [0.15, 0.2) is 0 Å². The number of carbonyl (C=O) groups is 1. The Kier molecular flexibility index (Phi) is 2.85. The monoisotopic (exact) mass is 264 g/mol. The molecule has 4 heteroatoms. The van der Waals surface area contributed by atoms with Crippen molar-refractivity contribution >= 4 is 22.2 Å². The topological polar surface area (TPSA) is 69.1 Å². The van der Waals surface area contributed by atoms with E-state index in [1.807, 2.05) is 0 Å². The fourth-order valence-electron chi connectivity index (χ4n) is 3.76. The third-order valence-electron chi connectivity index (χ3n) is 4.72. The van der Waals surface area contributed by atoms with Crippen molar-refractivity contribution in [2.45, 2.75) is 51.4 Å². The van der Waals surface area contributed by atoms with Crippen LogP contribution in [0.25, 0.3) is 0 Å². The first-order valence-electron chi connectivity index (χ1n) is 6.81. The molecule has 3 nitrogen and oxygen atoms in total. The van der Waals surface area contributed by atoms with E-state index in [0.717, 1.165) is 18.4 Å². The van der Waals surface area contributed by atoms with E-state index in [9.17, 15) is 4.79 Å². The zero-order valence-electron chi connectivity index (χ0n) is 10.6. The van der Waals surface area contributed by atoms with Gasteiger partial charge in [-0.25, -0.2) is 0 Å². The summed E-state index contributed by atoms with van der Waals surface area (Å²) < 4.78 is 0. The molecule has 1 spiro atoms. The summed E-state index contributed by atoms with van der Waals surface area (Å²) in [5, 5.41) is 0.625. The van der Waals surface area contributed by atoms with Crippen molar-refractivity contribution in [2.24, 2.45) is 11.1 Å². The fourth-order valence-corrected chi connectivity index (χ4v) is 5.06. The fraction of sp³-hybridized carbons (Fsp3) is 0.643. The lowest BCUT2D eigenvalue weighted by atomic mass is 9.65. The van der Waals surface area contributed by atoms with Crippen molar-refractivity contribution in [1.82, 2.24) is 0 Å². The van der Waals surface area contributed by atoms with Gasteiger partial charge < -0.3 is 11.5 Å². The van der Waals surface area contributed by atoms with Crippen LogP contribution in [0.3, 0.4) is 0 Å². The summed E-state index contributed by atoms with van der Waals surface area (Å²) in [5.41, 5.74) is 13.7. The Hall–Kier alpha value is -1.03. The summed E-state index contributed by atoms with van der Waals surface area (Å²) in [6.07, 6.45) is 10.1. The number of nitrogen functional groups attached to an aromatic ring is 1. The molecule has 1 aromatic rings.